The molecule has 0 atom stereocenters. The quantitative estimate of drug-likeness (QED) is 0.341. The van der Waals surface area contributed by atoms with Gasteiger partial charge in [0.2, 0.25) is 0 Å². The highest BCUT2D eigenvalue weighted by molar-refractivity contribution is 7.91. The lowest BCUT2D eigenvalue weighted by Gasteiger charge is -2.06. The molecule has 0 spiro atoms. The maximum atomic E-state index is 11.1. The minimum atomic E-state index is -3.62. The summed E-state index contributed by atoms with van der Waals surface area (Å²) in [5.41, 5.74) is 5.24. The van der Waals surface area contributed by atoms with Crippen molar-refractivity contribution in [3.8, 4) is 11.5 Å². The first-order chi connectivity index (χ1) is 5.84. The minimum Gasteiger partial charge on any atom is -0.504 e. The Labute approximate surface area is 75.4 Å². The van der Waals surface area contributed by atoms with Gasteiger partial charge in [0, 0.05) is 6.26 Å². The van der Waals surface area contributed by atoms with E-state index in [4.69, 9.17) is 10.8 Å². The standard InChI is InChI=1S/C7H9NO4S/c1-13(11,12)7-4(8)2-3-5(9)6(7)10/h2-3,9-10H,8H2,1H3. The van der Waals surface area contributed by atoms with Crippen LogP contribution in [-0.2, 0) is 9.84 Å². The molecule has 72 valence electrons. The molecule has 0 fully saturated rings. The lowest BCUT2D eigenvalue weighted by atomic mass is 10.3. The molecule has 0 aromatic heterocycles. The first-order valence-corrected chi connectivity index (χ1v) is 5.23. The topological polar surface area (TPSA) is 101 Å². The normalized spacial score (nSPS) is 11.5. The van der Waals surface area contributed by atoms with Crippen molar-refractivity contribution in [3.63, 3.8) is 0 Å². The van der Waals surface area contributed by atoms with Gasteiger partial charge in [0.25, 0.3) is 0 Å². The van der Waals surface area contributed by atoms with Crippen LogP contribution < -0.4 is 5.73 Å². The van der Waals surface area contributed by atoms with Crippen LogP contribution in [0.15, 0.2) is 17.0 Å². The van der Waals surface area contributed by atoms with Crippen LogP contribution in [0.5, 0.6) is 11.5 Å². The van der Waals surface area contributed by atoms with E-state index in [0.717, 1.165) is 12.3 Å². The summed E-state index contributed by atoms with van der Waals surface area (Å²) in [6.45, 7) is 0. The average Bonchev–Trinajstić information content (AvgIpc) is 1.95. The van der Waals surface area contributed by atoms with Crippen LogP contribution in [0.1, 0.15) is 0 Å². The molecule has 13 heavy (non-hydrogen) atoms. The van der Waals surface area contributed by atoms with Gasteiger partial charge in [-0.25, -0.2) is 8.42 Å². The zero-order valence-corrected chi connectivity index (χ0v) is 7.67. The van der Waals surface area contributed by atoms with Gasteiger partial charge in [0.05, 0.1) is 5.69 Å². The number of rotatable bonds is 1. The molecule has 1 aromatic carbocycles. The number of nitrogens with two attached hydrogens (primary N) is 1. The van der Waals surface area contributed by atoms with Crippen molar-refractivity contribution in [2.75, 3.05) is 12.0 Å². The third kappa shape index (κ3) is 1.67. The maximum Gasteiger partial charge on any atom is 0.181 e. The van der Waals surface area contributed by atoms with Gasteiger partial charge in [0.15, 0.2) is 21.3 Å². The van der Waals surface area contributed by atoms with Gasteiger partial charge in [-0.3, -0.25) is 0 Å². The number of phenols is 2. The van der Waals surface area contributed by atoms with E-state index in [0.29, 0.717) is 0 Å². The van der Waals surface area contributed by atoms with E-state index in [1.54, 1.807) is 0 Å². The van der Waals surface area contributed by atoms with Crippen LogP contribution in [0.4, 0.5) is 5.69 Å². The summed E-state index contributed by atoms with van der Waals surface area (Å²) in [5, 5.41) is 18.2. The number of benzene rings is 1. The Bertz CT molecular complexity index is 438. The number of sulfone groups is 1. The molecule has 0 radical (unpaired) electrons. The Morgan fingerprint density at radius 2 is 1.85 bits per heavy atom. The zero-order valence-electron chi connectivity index (χ0n) is 6.85. The van der Waals surface area contributed by atoms with Crippen molar-refractivity contribution in [3.05, 3.63) is 12.1 Å². The molecule has 0 saturated heterocycles. The van der Waals surface area contributed by atoms with Crippen LogP contribution in [0.3, 0.4) is 0 Å². The van der Waals surface area contributed by atoms with E-state index in [2.05, 4.69) is 0 Å². The van der Waals surface area contributed by atoms with Crippen LogP contribution >= 0.6 is 0 Å². The number of phenolic OH excluding ortho intramolecular Hbond substituents is 2. The molecule has 6 heteroatoms. The summed E-state index contributed by atoms with van der Waals surface area (Å²) >= 11 is 0. The van der Waals surface area contributed by atoms with Gasteiger partial charge < -0.3 is 15.9 Å². The summed E-state index contributed by atoms with van der Waals surface area (Å²) in [4.78, 5) is -0.437. The van der Waals surface area contributed by atoms with Gasteiger partial charge in [-0.2, -0.15) is 0 Å². The first kappa shape index (κ1) is 9.66. The number of anilines is 1. The third-order valence-corrected chi connectivity index (χ3v) is 2.68. The molecule has 0 amide bonds. The van der Waals surface area contributed by atoms with Crippen LogP contribution in [0.25, 0.3) is 0 Å². The van der Waals surface area contributed by atoms with Crippen molar-refractivity contribution >= 4 is 15.5 Å². The average molecular weight is 203 g/mol. The molecule has 0 bridgehead atoms. The smallest absolute Gasteiger partial charge is 0.181 e. The molecule has 0 aliphatic rings. The largest absolute Gasteiger partial charge is 0.504 e. The van der Waals surface area contributed by atoms with Crippen molar-refractivity contribution in [1.82, 2.24) is 0 Å². The van der Waals surface area contributed by atoms with E-state index in [1.165, 1.54) is 6.07 Å². The second-order valence-electron chi connectivity index (χ2n) is 2.62. The lowest BCUT2D eigenvalue weighted by molar-refractivity contribution is 0.394. The van der Waals surface area contributed by atoms with E-state index in [1.807, 2.05) is 0 Å². The number of nitrogen functional groups attached to an aromatic ring is 1. The number of hydrogen-bond acceptors (Lipinski definition) is 5. The molecule has 0 unspecified atom stereocenters. The molecule has 0 saturated carbocycles. The molecule has 0 aliphatic heterocycles. The molecule has 5 nitrogen and oxygen atoms in total. The molecular formula is C7H9NO4S. The van der Waals surface area contributed by atoms with E-state index >= 15 is 0 Å². The van der Waals surface area contributed by atoms with E-state index < -0.39 is 26.2 Å². The molecule has 0 heterocycles. The minimum absolute atomic E-state index is 0.0854. The fraction of sp³-hybridized carbons (Fsp3) is 0.143. The second-order valence-corrected chi connectivity index (χ2v) is 4.58. The molecule has 0 aliphatic carbocycles. The Morgan fingerprint density at radius 1 is 1.31 bits per heavy atom. The molecule has 1 rings (SSSR count). The first-order valence-electron chi connectivity index (χ1n) is 3.34. The predicted octanol–water partition coefficient (Wildman–Crippen LogP) is 0.0835. The zero-order chi connectivity index (χ0) is 10.2. The van der Waals surface area contributed by atoms with Gasteiger partial charge in [0.1, 0.15) is 4.90 Å². The Balaban J connectivity index is 3.62. The van der Waals surface area contributed by atoms with Gasteiger partial charge >= 0.3 is 0 Å². The second kappa shape index (κ2) is 2.81. The van der Waals surface area contributed by atoms with Crippen molar-refractivity contribution in [1.29, 1.82) is 0 Å². The fourth-order valence-corrected chi connectivity index (χ4v) is 1.92. The SMILES string of the molecule is CS(=O)(=O)c1c(N)ccc(O)c1O. The maximum absolute atomic E-state index is 11.1. The molecule has 1 aromatic rings. The summed E-state index contributed by atoms with van der Waals surface area (Å²) in [7, 11) is -3.62. The number of aromatic hydroxyl groups is 2. The fourth-order valence-electron chi connectivity index (χ4n) is 0.966. The highest BCUT2D eigenvalue weighted by Gasteiger charge is 2.19. The van der Waals surface area contributed by atoms with Crippen LogP contribution in [0.2, 0.25) is 0 Å². The Kier molecular flexibility index (Phi) is 2.09. The molecule has 4 N–H and O–H groups in total. The summed E-state index contributed by atoms with van der Waals surface area (Å²) in [6, 6.07) is 2.34. The highest BCUT2D eigenvalue weighted by atomic mass is 32.2. The summed E-state index contributed by atoms with van der Waals surface area (Å²) in [6.07, 6.45) is 0.901. The van der Waals surface area contributed by atoms with Crippen molar-refractivity contribution in [2.24, 2.45) is 0 Å². The van der Waals surface area contributed by atoms with Crippen molar-refractivity contribution < 1.29 is 18.6 Å². The Hall–Kier alpha value is -1.43. The summed E-state index contributed by atoms with van der Waals surface area (Å²) < 4.78 is 22.2. The predicted molar refractivity (Wildman–Crippen MR) is 47.3 cm³/mol. The number of hydrogen-bond donors (Lipinski definition) is 3. The highest BCUT2D eigenvalue weighted by Crippen LogP contribution is 2.35. The Morgan fingerprint density at radius 3 is 2.23 bits per heavy atom. The monoisotopic (exact) mass is 203 g/mol. The van der Waals surface area contributed by atoms with Crippen molar-refractivity contribution in [2.45, 2.75) is 4.90 Å². The van der Waals surface area contributed by atoms with Crippen LogP contribution in [0, 0.1) is 0 Å². The lowest BCUT2D eigenvalue weighted by Crippen LogP contribution is -2.02. The van der Waals surface area contributed by atoms with Gasteiger partial charge in [-0.05, 0) is 12.1 Å². The van der Waals surface area contributed by atoms with Gasteiger partial charge in [-0.15, -0.1) is 0 Å². The molecular weight excluding hydrogens is 194 g/mol. The van der Waals surface area contributed by atoms with Gasteiger partial charge in [-0.1, -0.05) is 0 Å². The van der Waals surface area contributed by atoms with E-state index in [9.17, 15) is 13.5 Å². The van der Waals surface area contributed by atoms with E-state index in [-0.39, 0.29) is 5.69 Å². The summed E-state index contributed by atoms with van der Waals surface area (Å²) in [5.74, 6) is -1.21. The van der Waals surface area contributed by atoms with Crippen LogP contribution in [-0.4, -0.2) is 24.9 Å². The third-order valence-electron chi connectivity index (χ3n) is 1.51.